The molecule has 1 aliphatic rings. The number of hydrogen-bond acceptors (Lipinski definition) is 5. The van der Waals surface area contributed by atoms with Crippen molar-refractivity contribution < 1.29 is 4.74 Å². The zero-order chi connectivity index (χ0) is 17.8. The van der Waals surface area contributed by atoms with E-state index in [4.69, 9.17) is 4.74 Å². The molecule has 1 aliphatic heterocycles. The van der Waals surface area contributed by atoms with Crippen molar-refractivity contribution in [3.63, 3.8) is 0 Å². The van der Waals surface area contributed by atoms with Crippen molar-refractivity contribution in [2.75, 3.05) is 13.2 Å². The Morgan fingerprint density at radius 3 is 2.88 bits per heavy atom. The summed E-state index contributed by atoms with van der Waals surface area (Å²) in [5.41, 5.74) is 3.72. The molecule has 0 amide bonds. The van der Waals surface area contributed by atoms with Gasteiger partial charge < -0.3 is 10.1 Å². The smallest absolute Gasteiger partial charge is 0.137 e. The molecule has 3 aromatic rings. The molecule has 0 radical (unpaired) electrons. The van der Waals surface area contributed by atoms with Gasteiger partial charge in [0, 0.05) is 44.4 Å². The number of aromatic nitrogens is 5. The fourth-order valence-electron chi connectivity index (χ4n) is 3.56. The van der Waals surface area contributed by atoms with Crippen LogP contribution in [0.5, 0.6) is 0 Å². The Balaban J connectivity index is 1.36. The molecule has 0 unspecified atom stereocenters. The average Bonchev–Trinajstić information content (AvgIpc) is 3.38. The number of hydrogen-bond donors (Lipinski definition) is 1. The summed E-state index contributed by atoms with van der Waals surface area (Å²) >= 11 is 0. The maximum Gasteiger partial charge on any atom is 0.137 e. The highest BCUT2D eigenvalue weighted by atomic mass is 16.5. The minimum atomic E-state index is 0.140. The molecule has 2 aromatic heterocycles. The van der Waals surface area contributed by atoms with Gasteiger partial charge in [0.1, 0.15) is 12.7 Å². The lowest BCUT2D eigenvalue weighted by molar-refractivity contribution is 0.0904. The number of aryl methyl sites for hydroxylation is 1. The number of nitrogens with zero attached hydrogens (tertiary/aromatic N) is 5. The second-order valence-electron chi connectivity index (χ2n) is 6.78. The van der Waals surface area contributed by atoms with Crippen LogP contribution >= 0.6 is 0 Å². The summed E-state index contributed by atoms with van der Waals surface area (Å²) < 4.78 is 9.63. The van der Waals surface area contributed by atoms with Crippen molar-refractivity contribution in [1.29, 1.82) is 0 Å². The molecule has 0 aliphatic carbocycles. The third kappa shape index (κ3) is 3.84. The molecular formula is C19H24N6O. The van der Waals surface area contributed by atoms with Crippen LogP contribution in [0.1, 0.15) is 29.2 Å². The Kier molecular flexibility index (Phi) is 5.08. The third-order valence-corrected chi connectivity index (χ3v) is 4.91. The SMILES string of the molecule is Cn1cc([C@H]2OCC[C@@H]2CNCc2ccccc2Cn2cncn2)cn1. The number of benzene rings is 1. The van der Waals surface area contributed by atoms with Crippen molar-refractivity contribution in [2.45, 2.75) is 25.6 Å². The maximum atomic E-state index is 5.95. The van der Waals surface area contributed by atoms with Gasteiger partial charge in [0.2, 0.25) is 0 Å². The summed E-state index contributed by atoms with van der Waals surface area (Å²) in [6.45, 7) is 3.32. The van der Waals surface area contributed by atoms with Crippen molar-refractivity contribution in [2.24, 2.45) is 13.0 Å². The molecule has 1 N–H and O–H groups in total. The lowest BCUT2D eigenvalue weighted by Gasteiger charge is -2.18. The van der Waals surface area contributed by atoms with Crippen LogP contribution in [0.25, 0.3) is 0 Å². The maximum absolute atomic E-state index is 5.95. The molecule has 1 fully saturated rings. The first-order valence-corrected chi connectivity index (χ1v) is 8.99. The second-order valence-corrected chi connectivity index (χ2v) is 6.78. The van der Waals surface area contributed by atoms with Crippen LogP contribution < -0.4 is 5.32 Å². The standard InChI is InChI=1S/C19H24N6O/c1-24-11-18(10-22-24)19-16(6-7-26-19)9-20-8-15-4-2-3-5-17(15)12-25-14-21-13-23-25/h2-5,10-11,13-14,16,19-20H,6-9,12H2,1H3/t16-,19+/m1/s1. The minimum Gasteiger partial charge on any atom is -0.373 e. The fraction of sp³-hybridized carbons (Fsp3) is 0.421. The van der Waals surface area contributed by atoms with Crippen LogP contribution in [-0.4, -0.2) is 37.7 Å². The predicted molar refractivity (Wildman–Crippen MR) is 97.3 cm³/mol. The van der Waals surface area contributed by atoms with Gasteiger partial charge in [-0.25, -0.2) is 9.67 Å². The van der Waals surface area contributed by atoms with Crippen LogP contribution in [0.2, 0.25) is 0 Å². The second kappa shape index (κ2) is 7.80. The highest BCUT2D eigenvalue weighted by molar-refractivity contribution is 5.27. The third-order valence-electron chi connectivity index (χ3n) is 4.91. The first-order chi connectivity index (χ1) is 12.8. The molecule has 1 saturated heterocycles. The van der Waals surface area contributed by atoms with E-state index >= 15 is 0 Å². The van der Waals surface area contributed by atoms with Crippen LogP contribution in [-0.2, 0) is 24.9 Å². The Labute approximate surface area is 153 Å². The average molecular weight is 352 g/mol. The van der Waals surface area contributed by atoms with Gasteiger partial charge in [-0.1, -0.05) is 24.3 Å². The van der Waals surface area contributed by atoms with Gasteiger partial charge in [-0.3, -0.25) is 4.68 Å². The fourth-order valence-corrected chi connectivity index (χ4v) is 3.56. The Morgan fingerprint density at radius 1 is 1.23 bits per heavy atom. The van der Waals surface area contributed by atoms with Crippen molar-refractivity contribution in [3.05, 3.63) is 66.0 Å². The molecule has 7 heteroatoms. The van der Waals surface area contributed by atoms with Crippen LogP contribution in [0.4, 0.5) is 0 Å². The lowest BCUT2D eigenvalue weighted by atomic mass is 9.97. The van der Waals surface area contributed by atoms with Crippen LogP contribution in [0, 0.1) is 5.92 Å². The van der Waals surface area contributed by atoms with Gasteiger partial charge in [-0.2, -0.15) is 10.2 Å². The van der Waals surface area contributed by atoms with Gasteiger partial charge >= 0.3 is 0 Å². The van der Waals surface area contributed by atoms with Crippen molar-refractivity contribution >= 4 is 0 Å². The van der Waals surface area contributed by atoms with Gasteiger partial charge in [0.05, 0.1) is 18.8 Å². The van der Waals surface area contributed by atoms with E-state index in [1.165, 1.54) is 16.7 Å². The number of ether oxygens (including phenoxy) is 1. The largest absolute Gasteiger partial charge is 0.373 e. The van der Waals surface area contributed by atoms with E-state index in [-0.39, 0.29) is 6.10 Å². The lowest BCUT2D eigenvalue weighted by Crippen LogP contribution is -2.25. The molecule has 0 spiro atoms. The zero-order valence-electron chi connectivity index (χ0n) is 15.0. The quantitative estimate of drug-likeness (QED) is 0.704. The summed E-state index contributed by atoms with van der Waals surface area (Å²) in [6, 6.07) is 8.47. The van der Waals surface area contributed by atoms with Gasteiger partial charge in [0.15, 0.2) is 0 Å². The molecule has 7 nitrogen and oxygen atoms in total. The number of nitrogens with one attached hydrogen (secondary N) is 1. The summed E-state index contributed by atoms with van der Waals surface area (Å²) in [4.78, 5) is 4.02. The first-order valence-electron chi connectivity index (χ1n) is 8.99. The molecule has 26 heavy (non-hydrogen) atoms. The molecule has 4 rings (SSSR count). The summed E-state index contributed by atoms with van der Waals surface area (Å²) in [5.74, 6) is 0.474. The van der Waals surface area contributed by atoms with Gasteiger partial charge in [0.25, 0.3) is 0 Å². The Morgan fingerprint density at radius 2 is 2.12 bits per heavy atom. The molecule has 2 atom stereocenters. The predicted octanol–water partition coefficient (Wildman–Crippen LogP) is 1.93. The summed E-state index contributed by atoms with van der Waals surface area (Å²) in [7, 11) is 1.94. The van der Waals surface area contributed by atoms with E-state index in [1.807, 2.05) is 22.6 Å². The monoisotopic (exact) mass is 352 g/mol. The van der Waals surface area contributed by atoms with E-state index in [0.717, 1.165) is 32.7 Å². The minimum absolute atomic E-state index is 0.140. The molecule has 3 heterocycles. The zero-order valence-corrected chi connectivity index (χ0v) is 15.0. The van der Waals surface area contributed by atoms with E-state index < -0.39 is 0 Å². The molecule has 0 bridgehead atoms. The molecule has 0 saturated carbocycles. The first kappa shape index (κ1) is 16.9. The van der Waals surface area contributed by atoms with E-state index in [2.05, 4.69) is 51.0 Å². The summed E-state index contributed by atoms with van der Waals surface area (Å²) in [5, 5.41) is 12.1. The Bertz CT molecular complexity index is 828. The van der Waals surface area contributed by atoms with E-state index in [9.17, 15) is 0 Å². The Hall–Kier alpha value is -2.51. The molecule has 136 valence electrons. The number of rotatable bonds is 7. The van der Waals surface area contributed by atoms with Crippen molar-refractivity contribution in [1.82, 2.24) is 29.9 Å². The van der Waals surface area contributed by atoms with Gasteiger partial charge in [-0.05, 0) is 17.5 Å². The highest BCUT2D eigenvalue weighted by Crippen LogP contribution is 2.33. The summed E-state index contributed by atoms with van der Waals surface area (Å²) in [6.07, 6.45) is 8.50. The topological polar surface area (TPSA) is 69.8 Å². The van der Waals surface area contributed by atoms with Crippen LogP contribution in [0.15, 0.2) is 49.3 Å². The normalized spacial score (nSPS) is 19.9. The van der Waals surface area contributed by atoms with Crippen molar-refractivity contribution in [3.8, 4) is 0 Å². The van der Waals surface area contributed by atoms with Crippen LogP contribution in [0.3, 0.4) is 0 Å². The van der Waals surface area contributed by atoms with E-state index in [0.29, 0.717) is 5.92 Å². The van der Waals surface area contributed by atoms with Gasteiger partial charge in [-0.15, -0.1) is 0 Å². The highest BCUT2D eigenvalue weighted by Gasteiger charge is 2.30. The van der Waals surface area contributed by atoms with E-state index in [1.54, 1.807) is 12.7 Å². The molecular weight excluding hydrogens is 328 g/mol. The molecule has 1 aromatic carbocycles.